The number of benzene rings is 3. The second-order valence-electron chi connectivity index (χ2n) is 7.69. The number of amides is 2. The fourth-order valence-electron chi connectivity index (χ4n) is 3.93. The number of rotatable bonds is 7. The van der Waals surface area contributed by atoms with E-state index < -0.39 is 30.6 Å². The lowest BCUT2D eigenvalue weighted by atomic mass is 9.98. The highest BCUT2D eigenvalue weighted by atomic mass is 79.9. The molecular formula is C25H21BrN2O6. The minimum absolute atomic E-state index is 0.0925. The van der Waals surface area contributed by atoms with Gasteiger partial charge in [0.1, 0.15) is 6.61 Å². The molecule has 1 unspecified atom stereocenters. The van der Waals surface area contributed by atoms with Crippen LogP contribution in [0.5, 0.6) is 0 Å². The van der Waals surface area contributed by atoms with Crippen LogP contribution in [0.15, 0.2) is 71.2 Å². The number of aliphatic hydroxyl groups excluding tert-OH is 1. The van der Waals surface area contributed by atoms with Crippen LogP contribution >= 0.6 is 15.9 Å². The Bertz CT molecular complexity index is 1220. The molecule has 0 radical (unpaired) electrons. The summed E-state index contributed by atoms with van der Waals surface area (Å²) in [6.07, 6.45) is -0.695. The first-order valence-corrected chi connectivity index (χ1v) is 11.2. The Morgan fingerprint density at radius 1 is 0.971 bits per heavy atom. The SMILES string of the molecule is O=C(Nc1cc(C(=O)NC(CO)C(=O)O)ccc1Br)OCC1c2ccccc2-c2ccccc21. The van der Waals surface area contributed by atoms with Gasteiger partial charge >= 0.3 is 12.1 Å². The largest absolute Gasteiger partial charge is 0.480 e. The van der Waals surface area contributed by atoms with Crippen molar-refractivity contribution in [3.8, 4) is 11.1 Å². The third kappa shape index (κ3) is 4.80. The Morgan fingerprint density at radius 3 is 2.18 bits per heavy atom. The number of halogens is 1. The van der Waals surface area contributed by atoms with E-state index in [0.29, 0.717) is 4.47 Å². The number of carboxylic acid groups (broad SMARTS) is 1. The number of hydrogen-bond acceptors (Lipinski definition) is 5. The second kappa shape index (κ2) is 10.1. The first-order chi connectivity index (χ1) is 16.4. The number of anilines is 1. The monoisotopic (exact) mass is 524 g/mol. The van der Waals surface area contributed by atoms with Gasteiger partial charge in [0, 0.05) is 16.0 Å². The van der Waals surface area contributed by atoms with Gasteiger partial charge in [-0.05, 0) is 56.4 Å². The third-order valence-electron chi connectivity index (χ3n) is 5.59. The minimum Gasteiger partial charge on any atom is -0.480 e. The fraction of sp³-hybridized carbons (Fsp3) is 0.160. The lowest BCUT2D eigenvalue weighted by Crippen LogP contribution is -2.43. The van der Waals surface area contributed by atoms with E-state index in [2.05, 4.69) is 26.6 Å². The molecule has 8 nitrogen and oxygen atoms in total. The van der Waals surface area contributed by atoms with Gasteiger partial charge in [-0.15, -0.1) is 0 Å². The summed E-state index contributed by atoms with van der Waals surface area (Å²) in [7, 11) is 0. The van der Waals surface area contributed by atoms with E-state index in [0.717, 1.165) is 22.3 Å². The molecule has 0 saturated carbocycles. The lowest BCUT2D eigenvalue weighted by Gasteiger charge is -2.16. The maximum atomic E-state index is 12.6. The van der Waals surface area contributed by atoms with Crippen molar-refractivity contribution in [3.05, 3.63) is 87.9 Å². The van der Waals surface area contributed by atoms with Gasteiger partial charge in [0.15, 0.2) is 6.04 Å². The van der Waals surface area contributed by atoms with E-state index in [-0.39, 0.29) is 23.8 Å². The van der Waals surface area contributed by atoms with Gasteiger partial charge < -0.3 is 20.3 Å². The number of hydrogen-bond donors (Lipinski definition) is 4. The van der Waals surface area contributed by atoms with Crippen molar-refractivity contribution in [1.29, 1.82) is 0 Å². The molecule has 0 aromatic heterocycles. The number of carbonyl (C=O) groups excluding carboxylic acids is 2. The van der Waals surface area contributed by atoms with Crippen molar-refractivity contribution in [2.24, 2.45) is 0 Å². The molecule has 4 N–H and O–H groups in total. The molecule has 4 rings (SSSR count). The van der Waals surface area contributed by atoms with Crippen molar-refractivity contribution < 1.29 is 29.3 Å². The molecule has 3 aromatic carbocycles. The molecular weight excluding hydrogens is 504 g/mol. The van der Waals surface area contributed by atoms with Crippen molar-refractivity contribution in [1.82, 2.24) is 5.32 Å². The first-order valence-electron chi connectivity index (χ1n) is 10.4. The molecule has 0 bridgehead atoms. The topological polar surface area (TPSA) is 125 Å². The van der Waals surface area contributed by atoms with Gasteiger partial charge in [-0.3, -0.25) is 10.1 Å². The molecule has 1 atom stereocenters. The highest BCUT2D eigenvalue weighted by molar-refractivity contribution is 9.10. The third-order valence-corrected chi connectivity index (χ3v) is 6.29. The number of nitrogens with one attached hydrogen (secondary N) is 2. The Labute approximate surface area is 203 Å². The van der Waals surface area contributed by atoms with Crippen LogP contribution in [0.2, 0.25) is 0 Å². The van der Waals surface area contributed by atoms with Crippen LogP contribution in [0, 0.1) is 0 Å². The molecule has 1 aliphatic rings. The van der Waals surface area contributed by atoms with Gasteiger partial charge in [-0.25, -0.2) is 9.59 Å². The average Bonchev–Trinajstić information content (AvgIpc) is 3.16. The zero-order valence-corrected chi connectivity index (χ0v) is 19.4. The highest BCUT2D eigenvalue weighted by Crippen LogP contribution is 2.44. The number of ether oxygens (including phenoxy) is 1. The number of carboxylic acids is 1. The van der Waals surface area contributed by atoms with Gasteiger partial charge in [0.25, 0.3) is 5.91 Å². The van der Waals surface area contributed by atoms with Crippen LogP contribution in [-0.4, -0.2) is 47.4 Å². The Balaban J connectivity index is 1.44. The molecule has 1 aliphatic carbocycles. The van der Waals surface area contributed by atoms with Gasteiger partial charge in [-0.1, -0.05) is 48.5 Å². The van der Waals surface area contributed by atoms with Gasteiger partial charge in [-0.2, -0.15) is 0 Å². The molecule has 3 aromatic rings. The zero-order chi connectivity index (χ0) is 24.2. The molecule has 174 valence electrons. The highest BCUT2D eigenvalue weighted by Gasteiger charge is 2.29. The molecule has 0 saturated heterocycles. The second-order valence-corrected chi connectivity index (χ2v) is 8.55. The maximum absolute atomic E-state index is 12.6. The summed E-state index contributed by atoms with van der Waals surface area (Å²) in [6.45, 7) is -0.614. The number of aliphatic hydroxyl groups is 1. The summed E-state index contributed by atoms with van der Waals surface area (Å²) in [4.78, 5) is 36.0. The van der Waals surface area contributed by atoms with Gasteiger partial charge in [0.05, 0.1) is 12.3 Å². The molecule has 0 aliphatic heterocycles. The van der Waals surface area contributed by atoms with E-state index in [4.69, 9.17) is 14.9 Å². The van der Waals surface area contributed by atoms with Crippen molar-refractivity contribution in [2.45, 2.75) is 12.0 Å². The van der Waals surface area contributed by atoms with E-state index in [1.165, 1.54) is 12.1 Å². The Kier molecular flexibility index (Phi) is 6.95. The van der Waals surface area contributed by atoms with Crippen molar-refractivity contribution in [2.75, 3.05) is 18.5 Å². The zero-order valence-electron chi connectivity index (χ0n) is 17.8. The van der Waals surface area contributed by atoms with Crippen molar-refractivity contribution >= 4 is 39.6 Å². The van der Waals surface area contributed by atoms with Crippen LogP contribution in [-0.2, 0) is 9.53 Å². The summed E-state index contributed by atoms with van der Waals surface area (Å²) in [5, 5.41) is 22.9. The van der Waals surface area contributed by atoms with E-state index in [9.17, 15) is 14.4 Å². The van der Waals surface area contributed by atoms with E-state index >= 15 is 0 Å². The Morgan fingerprint density at radius 2 is 1.59 bits per heavy atom. The smallest absolute Gasteiger partial charge is 0.411 e. The predicted molar refractivity (Wildman–Crippen MR) is 129 cm³/mol. The van der Waals surface area contributed by atoms with Crippen molar-refractivity contribution in [3.63, 3.8) is 0 Å². The summed E-state index contributed by atoms with van der Waals surface area (Å²) >= 11 is 3.32. The molecule has 0 fully saturated rings. The minimum atomic E-state index is -1.44. The maximum Gasteiger partial charge on any atom is 0.411 e. The summed E-state index contributed by atoms with van der Waals surface area (Å²) < 4.78 is 6.04. The van der Waals surface area contributed by atoms with Crippen LogP contribution < -0.4 is 10.6 Å². The van der Waals surface area contributed by atoms with Crippen LogP contribution in [0.3, 0.4) is 0 Å². The molecule has 0 spiro atoms. The lowest BCUT2D eigenvalue weighted by molar-refractivity contribution is -0.140. The molecule has 0 heterocycles. The standard InChI is InChI=1S/C25H21BrN2O6/c26-20-10-9-14(23(30)27-22(12-29)24(31)32)11-21(20)28-25(33)34-13-19-17-7-3-1-5-15(17)16-6-2-4-8-18(16)19/h1-11,19,22,29H,12-13H2,(H,27,30)(H,28,33)(H,31,32). The van der Waals surface area contributed by atoms with E-state index in [1.54, 1.807) is 6.07 Å². The van der Waals surface area contributed by atoms with E-state index in [1.807, 2.05) is 48.5 Å². The average molecular weight is 525 g/mol. The fourth-order valence-corrected chi connectivity index (χ4v) is 4.28. The number of carbonyl (C=O) groups is 3. The molecule has 34 heavy (non-hydrogen) atoms. The summed E-state index contributed by atoms with van der Waals surface area (Å²) in [6, 6.07) is 19.0. The normalized spacial score (nSPS) is 12.9. The first kappa shape index (κ1) is 23.5. The van der Waals surface area contributed by atoms with Crippen LogP contribution in [0.4, 0.5) is 10.5 Å². The van der Waals surface area contributed by atoms with Gasteiger partial charge in [0.2, 0.25) is 0 Å². The summed E-state index contributed by atoms with van der Waals surface area (Å²) in [5.74, 6) is -2.15. The Hall–Kier alpha value is -3.69. The number of fused-ring (bicyclic) bond motifs is 3. The molecule has 9 heteroatoms. The molecule has 2 amide bonds. The number of aliphatic carboxylic acids is 1. The summed E-state index contributed by atoms with van der Waals surface area (Å²) in [5.41, 5.74) is 4.81. The quantitative estimate of drug-likeness (QED) is 0.370. The van der Waals surface area contributed by atoms with Crippen LogP contribution in [0.25, 0.3) is 11.1 Å². The predicted octanol–water partition coefficient (Wildman–Crippen LogP) is 3.99. The van der Waals surface area contributed by atoms with Crippen LogP contribution in [0.1, 0.15) is 27.4 Å².